The maximum atomic E-state index is 12.3. The minimum Gasteiger partial charge on any atom is -0.495 e. The smallest absolute Gasteiger partial charge is 0.390 e. The summed E-state index contributed by atoms with van der Waals surface area (Å²) in [4.78, 5) is -0.197. The molecule has 0 saturated carbocycles. The number of nitrogens with two attached hydrogens (primary N) is 1. The van der Waals surface area contributed by atoms with E-state index in [0.29, 0.717) is 9.87 Å². The van der Waals surface area contributed by atoms with Crippen LogP contribution in [0.4, 0.5) is 13.2 Å². The topological polar surface area (TPSA) is 72.6 Å². The number of halogens is 3. The normalized spacial score (nSPS) is 12.7. The van der Waals surface area contributed by atoms with Gasteiger partial charge in [0.05, 0.1) is 13.5 Å². The van der Waals surface area contributed by atoms with E-state index in [1.54, 1.807) is 6.07 Å². The summed E-state index contributed by atoms with van der Waals surface area (Å²) in [6, 6.07) is 4.32. The van der Waals surface area contributed by atoms with Crippen molar-refractivity contribution in [2.24, 2.45) is 5.73 Å². The molecule has 0 unspecified atom stereocenters. The van der Waals surface area contributed by atoms with Crippen LogP contribution in [0.3, 0.4) is 0 Å². The lowest BCUT2D eigenvalue weighted by molar-refractivity contribution is -0.135. The molecular formula is C12H17F3N2O3S. The van der Waals surface area contributed by atoms with E-state index in [4.69, 9.17) is 10.5 Å². The molecule has 120 valence electrons. The van der Waals surface area contributed by atoms with Crippen LogP contribution in [0.25, 0.3) is 0 Å². The molecule has 0 atom stereocenters. The van der Waals surface area contributed by atoms with Crippen molar-refractivity contribution in [3.05, 3.63) is 23.8 Å². The average molecular weight is 326 g/mol. The molecule has 0 fully saturated rings. The number of nitrogens with zero attached hydrogens (tertiary/aromatic N) is 1. The highest BCUT2D eigenvalue weighted by Crippen LogP contribution is 2.28. The Labute approximate surface area is 121 Å². The Hall–Kier alpha value is -1.32. The Bertz CT molecular complexity index is 588. The van der Waals surface area contributed by atoms with Crippen LogP contribution in [0, 0.1) is 0 Å². The molecule has 2 N–H and O–H groups in total. The summed E-state index contributed by atoms with van der Waals surface area (Å²) in [5.74, 6) is 0.0612. The summed E-state index contributed by atoms with van der Waals surface area (Å²) in [6.07, 6.45) is -5.64. The minimum atomic E-state index is -4.42. The van der Waals surface area contributed by atoms with Crippen molar-refractivity contribution in [1.29, 1.82) is 0 Å². The predicted octanol–water partition coefficient (Wildman–Crippen LogP) is 1.73. The first-order chi connectivity index (χ1) is 9.61. The first kappa shape index (κ1) is 17.7. The largest absolute Gasteiger partial charge is 0.495 e. The van der Waals surface area contributed by atoms with Crippen LogP contribution in [-0.2, 0) is 16.6 Å². The molecule has 0 bridgehead atoms. The minimum absolute atomic E-state index is 0.0612. The lowest BCUT2D eigenvalue weighted by atomic mass is 10.2. The van der Waals surface area contributed by atoms with Crippen LogP contribution in [0.5, 0.6) is 5.75 Å². The van der Waals surface area contributed by atoms with E-state index in [9.17, 15) is 21.6 Å². The van der Waals surface area contributed by atoms with Gasteiger partial charge in [0.1, 0.15) is 10.6 Å². The molecule has 0 saturated heterocycles. The summed E-state index contributed by atoms with van der Waals surface area (Å²) >= 11 is 0. The third-order valence-electron chi connectivity index (χ3n) is 2.86. The van der Waals surface area contributed by atoms with Crippen LogP contribution in [-0.4, -0.2) is 39.6 Å². The quantitative estimate of drug-likeness (QED) is 0.864. The molecule has 0 aliphatic rings. The van der Waals surface area contributed by atoms with Gasteiger partial charge in [-0.1, -0.05) is 6.07 Å². The maximum absolute atomic E-state index is 12.3. The fraction of sp³-hybridized carbons (Fsp3) is 0.500. The van der Waals surface area contributed by atoms with E-state index < -0.39 is 29.2 Å². The summed E-state index contributed by atoms with van der Waals surface area (Å²) < 4.78 is 66.9. The monoisotopic (exact) mass is 326 g/mol. The van der Waals surface area contributed by atoms with Crippen LogP contribution < -0.4 is 10.5 Å². The van der Waals surface area contributed by atoms with Gasteiger partial charge in [0, 0.05) is 20.1 Å². The lowest BCUT2D eigenvalue weighted by Crippen LogP contribution is -2.31. The van der Waals surface area contributed by atoms with Crippen LogP contribution >= 0.6 is 0 Å². The molecule has 0 radical (unpaired) electrons. The van der Waals surface area contributed by atoms with Gasteiger partial charge in [0.25, 0.3) is 0 Å². The Morgan fingerprint density at radius 1 is 1.33 bits per heavy atom. The van der Waals surface area contributed by atoms with Crippen molar-refractivity contribution < 1.29 is 26.3 Å². The van der Waals surface area contributed by atoms with Crippen molar-refractivity contribution in [2.75, 3.05) is 20.7 Å². The predicted molar refractivity (Wildman–Crippen MR) is 71.4 cm³/mol. The standard InChI is InChI=1S/C12H17F3N2O3S/c1-17(6-5-12(13,14)15)21(18,19)11-7-9(8-16)3-4-10(11)20-2/h3-4,7H,5-6,8,16H2,1-2H3. The zero-order valence-electron chi connectivity index (χ0n) is 11.6. The molecule has 0 spiro atoms. The summed E-state index contributed by atoms with van der Waals surface area (Å²) in [5.41, 5.74) is 5.99. The molecule has 0 aliphatic heterocycles. The number of hydrogen-bond acceptors (Lipinski definition) is 4. The van der Waals surface area contributed by atoms with Crippen molar-refractivity contribution in [2.45, 2.75) is 24.0 Å². The van der Waals surface area contributed by atoms with Gasteiger partial charge in [0.15, 0.2) is 0 Å². The number of hydrogen-bond donors (Lipinski definition) is 1. The molecule has 21 heavy (non-hydrogen) atoms. The highest BCUT2D eigenvalue weighted by Gasteiger charge is 2.31. The number of benzene rings is 1. The van der Waals surface area contributed by atoms with Gasteiger partial charge in [-0.2, -0.15) is 13.2 Å². The molecule has 9 heteroatoms. The maximum Gasteiger partial charge on any atom is 0.390 e. The van der Waals surface area contributed by atoms with Gasteiger partial charge in [-0.25, -0.2) is 12.7 Å². The molecule has 0 aliphatic carbocycles. The lowest BCUT2D eigenvalue weighted by Gasteiger charge is -2.20. The van der Waals surface area contributed by atoms with Crippen LogP contribution in [0.1, 0.15) is 12.0 Å². The third-order valence-corrected chi connectivity index (χ3v) is 4.74. The van der Waals surface area contributed by atoms with E-state index >= 15 is 0 Å². The number of sulfonamides is 1. The molecule has 5 nitrogen and oxygen atoms in total. The molecule has 0 heterocycles. The summed E-state index contributed by atoms with van der Waals surface area (Å²) in [6.45, 7) is -0.555. The van der Waals surface area contributed by atoms with Gasteiger partial charge in [-0.15, -0.1) is 0 Å². The molecule has 1 aromatic carbocycles. The SMILES string of the molecule is COc1ccc(CN)cc1S(=O)(=O)N(C)CCC(F)(F)F. The van der Waals surface area contributed by atoms with E-state index in [1.165, 1.54) is 19.2 Å². The average Bonchev–Trinajstić information content (AvgIpc) is 2.42. The molecule has 0 aromatic heterocycles. The van der Waals surface area contributed by atoms with Crippen molar-refractivity contribution >= 4 is 10.0 Å². The number of alkyl halides is 3. The number of rotatable bonds is 6. The first-order valence-corrected chi connectivity index (χ1v) is 7.46. The van der Waals surface area contributed by atoms with E-state index in [2.05, 4.69) is 0 Å². The van der Waals surface area contributed by atoms with Crippen LogP contribution in [0.15, 0.2) is 23.1 Å². The molecule has 1 aromatic rings. The number of methoxy groups -OCH3 is 1. The summed E-state index contributed by atoms with van der Waals surface area (Å²) in [5, 5.41) is 0. The van der Waals surface area contributed by atoms with E-state index in [0.717, 1.165) is 7.05 Å². The zero-order chi connectivity index (χ0) is 16.3. The Morgan fingerprint density at radius 2 is 1.95 bits per heavy atom. The van der Waals surface area contributed by atoms with Gasteiger partial charge in [-0.05, 0) is 17.7 Å². The summed E-state index contributed by atoms with van der Waals surface area (Å²) in [7, 11) is -1.71. The fourth-order valence-corrected chi connectivity index (χ4v) is 3.00. The van der Waals surface area contributed by atoms with Crippen molar-refractivity contribution in [1.82, 2.24) is 4.31 Å². The second-order valence-electron chi connectivity index (χ2n) is 4.38. The zero-order valence-corrected chi connectivity index (χ0v) is 12.5. The Balaban J connectivity index is 3.11. The molecule has 1 rings (SSSR count). The van der Waals surface area contributed by atoms with E-state index in [-0.39, 0.29) is 17.2 Å². The molecular weight excluding hydrogens is 309 g/mol. The Kier molecular flexibility index (Phi) is 5.60. The van der Waals surface area contributed by atoms with E-state index in [1.807, 2.05) is 0 Å². The van der Waals surface area contributed by atoms with Gasteiger partial charge in [0.2, 0.25) is 10.0 Å². The Morgan fingerprint density at radius 3 is 2.43 bits per heavy atom. The van der Waals surface area contributed by atoms with Crippen molar-refractivity contribution in [3.8, 4) is 5.75 Å². The second kappa shape index (κ2) is 6.63. The van der Waals surface area contributed by atoms with Gasteiger partial charge >= 0.3 is 6.18 Å². The molecule has 0 amide bonds. The van der Waals surface area contributed by atoms with Crippen LogP contribution in [0.2, 0.25) is 0 Å². The van der Waals surface area contributed by atoms with Crippen molar-refractivity contribution in [3.63, 3.8) is 0 Å². The van der Waals surface area contributed by atoms with Gasteiger partial charge < -0.3 is 10.5 Å². The fourth-order valence-electron chi connectivity index (χ4n) is 1.62. The highest BCUT2D eigenvalue weighted by molar-refractivity contribution is 7.89. The number of ether oxygens (including phenoxy) is 1. The second-order valence-corrected chi connectivity index (χ2v) is 6.39. The van der Waals surface area contributed by atoms with Gasteiger partial charge in [-0.3, -0.25) is 0 Å². The third kappa shape index (κ3) is 4.58. The highest BCUT2D eigenvalue weighted by atomic mass is 32.2. The first-order valence-electron chi connectivity index (χ1n) is 6.02.